The lowest BCUT2D eigenvalue weighted by Gasteiger charge is -2.14. The Morgan fingerprint density at radius 3 is 2.70 bits per heavy atom. The molecule has 1 fully saturated rings. The molecule has 0 aliphatic carbocycles. The summed E-state index contributed by atoms with van der Waals surface area (Å²) < 4.78 is 31.4. The molecule has 0 bridgehead atoms. The van der Waals surface area contributed by atoms with Crippen LogP contribution in [-0.2, 0) is 14.8 Å². The van der Waals surface area contributed by atoms with Gasteiger partial charge in [-0.25, -0.2) is 13.1 Å². The zero-order valence-electron chi connectivity index (χ0n) is 11.2. The molecule has 2 atom stereocenters. The van der Waals surface area contributed by atoms with Crippen molar-refractivity contribution in [3.63, 3.8) is 0 Å². The van der Waals surface area contributed by atoms with Crippen molar-refractivity contribution in [2.45, 2.75) is 25.0 Å². The van der Waals surface area contributed by atoms with Gasteiger partial charge in [0.05, 0.1) is 18.0 Å². The zero-order chi connectivity index (χ0) is 14.6. The van der Waals surface area contributed by atoms with Gasteiger partial charge in [0, 0.05) is 18.8 Å². The predicted molar refractivity (Wildman–Crippen MR) is 76.6 cm³/mol. The van der Waals surface area contributed by atoms with Crippen molar-refractivity contribution in [1.82, 2.24) is 4.72 Å². The summed E-state index contributed by atoms with van der Waals surface area (Å²) in [5.41, 5.74) is 6.78. The fraction of sp³-hybridized carbons (Fsp3) is 0.538. The molecule has 1 heterocycles. The Morgan fingerprint density at radius 1 is 1.40 bits per heavy atom. The predicted octanol–water partition coefficient (Wildman–Crippen LogP) is 0.401. The van der Waals surface area contributed by atoms with Gasteiger partial charge in [0.2, 0.25) is 10.0 Å². The summed E-state index contributed by atoms with van der Waals surface area (Å²) in [6.07, 6.45) is 0.534. The normalized spacial score (nSPS) is 20.9. The minimum atomic E-state index is -3.44. The van der Waals surface area contributed by atoms with Crippen LogP contribution < -0.4 is 10.5 Å². The maximum Gasteiger partial charge on any atom is 0.214 e. The van der Waals surface area contributed by atoms with E-state index in [1.54, 1.807) is 24.3 Å². The smallest absolute Gasteiger partial charge is 0.214 e. The van der Waals surface area contributed by atoms with Crippen molar-refractivity contribution in [3.8, 4) is 0 Å². The van der Waals surface area contributed by atoms with E-state index in [2.05, 4.69) is 4.72 Å². The van der Waals surface area contributed by atoms with Gasteiger partial charge in [-0.3, -0.25) is 0 Å². The Kier molecular flexibility index (Phi) is 4.98. The van der Waals surface area contributed by atoms with Crippen LogP contribution in [0.25, 0.3) is 0 Å². The quantitative estimate of drug-likeness (QED) is 0.660. The molecular weight excluding hydrogens is 280 g/mol. The fourth-order valence-electron chi connectivity index (χ4n) is 2.12. The number of hydrogen-bond donors (Lipinski definition) is 3. The molecule has 1 aromatic rings. The van der Waals surface area contributed by atoms with E-state index in [1.807, 2.05) is 0 Å². The first kappa shape index (κ1) is 15.2. The van der Waals surface area contributed by atoms with Crippen LogP contribution in [-0.4, -0.2) is 38.5 Å². The van der Waals surface area contributed by atoms with Crippen LogP contribution in [0.2, 0.25) is 0 Å². The molecule has 1 aromatic carbocycles. The lowest BCUT2D eigenvalue weighted by Crippen LogP contribution is -2.34. The number of aliphatic hydroxyl groups excluding tert-OH is 1. The molecular formula is C13H20N2O4S. The molecule has 2 unspecified atom stereocenters. The highest BCUT2D eigenvalue weighted by Crippen LogP contribution is 2.16. The van der Waals surface area contributed by atoms with Crippen LogP contribution in [0.5, 0.6) is 0 Å². The number of benzene rings is 1. The van der Waals surface area contributed by atoms with Crippen LogP contribution in [0.3, 0.4) is 0 Å². The van der Waals surface area contributed by atoms with E-state index in [0.29, 0.717) is 17.9 Å². The Morgan fingerprint density at radius 2 is 2.10 bits per heavy atom. The molecule has 0 amide bonds. The van der Waals surface area contributed by atoms with E-state index >= 15 is 0 Å². The van der Waals surface area contributed by atoms with Crippen LogP contribution >= 0.6 is 0 Å². The molecule has 20 heavy (non-hydrogen) atoms. The Bertz CT molecular complexity index is 524. The molecule has 1 aliphatic heterocycles. The molecule has 112 valence electrons. The number of nitrogen functional groups attached to an aromatic ring is 1. The van der Waals surface area contributed by atoms with Crippen molar-refractivity contribution in [2.75, 3.05) is 24.6 Å². The lowest BCUT2D eigenvalue weighted by atomic mass is 10.1. The highest BCUT2D eigenvalue weighted by molar-refractivity contribution is 7.89. The first-order valence-electron chi connectivity index (χ1n) is 6.59. The first-order valence-corrected chi connectivity index (χ1v) is 8.24. The van der Waals surface area contributed by atoms with Crippen molar-refractivity contribution in [2.24, 2.45) is 0 Å². The lowest BCUT2D eigenvalue weighted by molar-refractivity contribution is 0.127. The summed E-state index contributed by atoms with van der Waals surface area (Å²) in [5.74, 6) is -0.0541. The third-order valence-corrected chi connectivity index (χ3v) is 4.66. The summed E-state index contributed by atoms with van der Waals surface area (Å²) in [7, 11) is -3.44. The summed E-state index contributed by atoms with van der Waals surface area (Å²) in [6.45, 7) is 0.563. The van der Waals surface area contributed by atoms with Crippen molar-refractivity contribution in [1.29, 1.82) is 0 Å². The fourth-order valence-corrected chi connectivity index (χ4v) is 3.40. The first-order chi connectivity index (χ1) is 9.46. The number of hydrogen-bond acceptors (Lipinski definition) is 5. The van der Waals surface area contributed by atoms with E-state index in [0.717, 1.165) is 12.8 Å². The van der Waals surface area contributed by atoms with Gasteiger partial charge in [0.15, 0.2) is 0 Å². The van der Waals surface area contributed by atoms with Crippen molar-refractivity contribution >= 4 is 15.7 Å². The third kappa shape index (κ3) is 4.45. The molecule has 6 nitrogen and oxygen atoms in total. The van der Waals surface area contributed by atoms with Crippen LogP contribution in [0.4, 0.5) is 5.69 Å². The van der Waals surface area contributed by atoms with Gasteiger partial charge >= 0.3 is 0 Å². The SMILES string of the molecule is Nc1ccc(C(O)CNS(=O)(=O)CC2CCCO2)cc1. The number of nitrogens with one attached hydrogen (secondary N) is 1. The van der Waals surface area contributed by atoms with E-state index in [9.17, 15) is 13.5 Å². The summed E-state index contributed by atoms with van der Waals surface area (Å²) in [6, 6.07) is 6.68. The van der Waals surface area contributed by atoms with Gasteiger partial charge in [-0.15, -0.1) is 0 Å². The minimum Gasteiger partial charge on any atom is -0.399 e. The van der Waals surface area contributed by atoms with Crippen LogP contribution in [0.1, 0.15) is 24.5 Å². The molecule has 0 spiro atoms. The van der Waals surface area contributed by atoms with Crippen LogP contribution in [0, 0.1) is 0 Å². The van der Waals surface area contributed by atoms with Gasteiger partial charge in [-0.2, -0.15) is 0 Å². The minimum absolute atomic E-state index is 0.0541. The molecule has 4 N–H and O–H groups in total. The van der Waals surface area contributed by atoms with Gasteiger partial charge in [-0.05, 0) is 30.5 Å². The van der Waals surface area contributed by atoms with E-state index in [1.165, 1.54) is 0 Å². The number of sulfonamides is 1. The van der Waals surface area contributed by atoms with Gasteiger partial charge in [0.1, 0.15) is 0 Å². The van der Waals surface area contributed by atoms with E-state index in [4.69, 9.17) is 10.5 Å². The number of nitrogens with two attached hydrogens (primary N) is 1. The van der Waals surface area contributed by atoms with E-state index < -0.39 is 16.1 Å². The molecule has 1 saturated heterocycles. The summed E-state index contributed by atoms with van der Waals surface area (Å²) in [4.78, 5) is 0. The second-order valence-corrected chi connectivity index (χ2v) is 6.80. The standard InChI is InChI=1S/C13H20N2O4S/c14-11-5-3-10(4-6-11)13(16)8-15-20(17,18)9-12-2-1-7-19-12/h3-6,12-13,15-16H,1-2,7-9,14H2. The third-order valence-electron chi connectivity index (χ3n) is 3.25. The van der Waals surface area contributed by atoms with Crippen molar-refractivity contribution < 1.29 is 18.3 Å². The summed E-state index contributed by atoms with van der Waals surface area (Å²) >= 11 is 0. The second kappa shape index (κ2) is 6.53. The Hall–Kier alpha value is -1.15. The number of anilines is 1. The molecule has 1 aliphatic rings. The average molecular weight is 300 g/mol. The molecule has 7 heteroatoms. The number of rotatable bonds is 6. The highest BCUT2D eigenvalue weighted by Gasteiger charge is 2.23. The van der Waals surface area contributed by atoms with Crippen LogP contribution in [0.15, 0.2) is 24.3 Å². The molecule has 0 aromatic heterocycles. The molecule has 2 rings (SSSR count). The number of aliphatic hydroxyl groups is 1. The zero-order valence-corrected chi connectivity index (χ0v) is 12.0. The van der Waals surface area contributed by atoms with Gasteiger partial charge in [-0.1, -0.05) is 12.1 Å². The van der Waals surface area contributed by atoms with E-state index in [-0.39, 0.29) is 18.4 Å². The average Bonchev–Trinajstić information content (AvgIpc) is 2.89. The molecule has 0 saturated carbocycles. The topological polar surface area (TPSA) is 102 Å². The molecule has 0 radical (unpaired) electrons. The Labute approximate surface area is 119 Å². The second-order valence-electron chi connectivity index (χ2n) is 4.95. The maximum atomic E-state index is 11.9. The maximum absolute atomic E-state index is 11.9. The Balaban J connectivity index is 1.85. The largest absolute Gasteiger partial charge is 0.399 e. The number of ether oxygens (including phenoxy) is 1. The van der Waals surface area contributed by atoms with Gasteiger partial charge in [0.25, 0.3) is 0 Å². The highest BCUT2D eigenvalue weighted by atomic mass is 32.2. The monoisotopic (exact) mass is 300 g/mol. The summed E-state index contributed by atoms with van der Waals surface area (Å²) in [5, 5.41) is 9.94. The van der Waals surface area contributed by atoms with Crippen molar-refractivity contribution in [3.05, 3.63) is 29.8 Å². The van der Waals surface area contributed by atoms with Gasteiger partial charge < -0.3 is 15.6 Å².